The van der Waals surface area contributed by atoms with E-state index in [0.29, 0.717) is 12.2 Å². The molecule has 1 heterocycles. The van der Waals surface area contributed by atoms with Gasteiger partial charge in [0.1, 0.15) is 0 Å². The fraction of sp³-hybridized carbons (Fsp3) is 0.167. The molecule has 4 nitrogen and oxygen atoms in total. The summed E-state index contributed by atoms with van der Waals surface area (Å²) < 4.78 is 25.9. The molecule has 0 aliphatic heterocycles. The molecule has 18 heavy (non-hydrogen) atoms. The van der Waals surface area contributed by atoms with Gasteiger partial charge in [0.2, 0.25) is 10.0 Å². The second kappa shape index (κ2) is 5.09. The van der Waals surface area contributed by atoms with Gasteiger partial charge in [-0.3, -0.25) is 0 Å². The van der Waals surface area contributed by atoms with E-state index >= 15 is 0 Å². The molecular formula is C12H14N2O2S2. The molecule has 1 aromatic carbocycles. The molecule has 2 aromatic rings. The lowest BCUT2D eigenvalue weighted by Gasteiger charge is -2.16. The highest BCUT2D eigenvalue weighted by atomic mass is 32.2. The first-order valence-corrected chi connectivity index (χ1v) is 7.71. The van der Waals surface area contributed by atoms with Crippen molar-refractivity contribution >= 4 is 27.0 Å². The van der Waals surface area contributed by atoms with Gasteiger partial charge in [0.05, 0.1) is 4.90 Å². The van der Waals surface area contributed by atoms with Crippen molar-refractivity contribution in [3.05, 3.63) is 46.7 Å². The lowest BCUT2D eigenvalue weighted by atomic mass is 10.3. The third kappa shape index (κ3) is 2.72. The monoisotopic (exact) mass is 282 g/mol. The fourth-order valence-corrected chi connectivity index (χ4v) is 3.36. The van der Waals surface area contributed by atoms with Crippen molar-refractivity contribution in [3.8, 4) is 0 Å². The molecule has 0 atom stereocenters. The van der Waals surface area contributed by atoms with Crippen molar-refractivity contribution in [1.29, 1.82) is 0 Å². The van der Waals surface area contributed by atoms with Crippen LogP contribution >= 0.6 is 11.3 Å². The molecule has 0 amide bonds. The number of hydrogen-bond acceptors (Lipinski definition) is 4. The van der Waals surface area contributed by atoms with Crippen LogP contribution in [0.4, 0.5) is 5.69 Å². The van der Waals surface area contributed by atoms with Gasteiger partial charge in [0.25, 0.3) is 0 Å². The summed E-state index contributed by atoms with van der Waals surface area (Å²) in [4.78, 5) is 0.259. The maximum Gasteiger partial charge on any atom is 0.243 e. The van der Waals surface area contributed by atoms with E-state index in [1.165, 1.54) is 16.4 Å². The Kier molecular flexibility index (Phi) is 3.70. The number of hydrogen-bond donors (Lipinski definition) is 1. The largest absolute Gasteiger partial charge is 0.399 e. The van der Waals surface area contributed by atoms with E-state index in [9.17, 15) is 8.42 Å². The van der Waals surface area contributed by atoms with Crippen LogP contribution in [0.2, 0.25) is 0 Å². The van der Waals surface area contributed by atoms with E-state index in [1.807, 2.05) is 16.8 Å². The van der Waals surface area contributed by atoms with Crippen molar-refractivity contribution in [1.82, 2.24) is 4.31 Å². The van der Waals surface area contributed by atoms with Crippen LogP contribution in [0.15, 0.2) is 46.0 Å². The van der Waals surface area contributed by atoms with E-state index in [4.69, 9.17) is 5.73 Å². The number of nitrogens with two attached hydrogens (primary N) is 1. The van der Waals surface area contributed by atoms with Crippen LogP contribution < -0.4 is 5.73 Å². The third-order valence-electron chi connectivity index (χ3n) is 2.57. The zero-order chi connectivity index (χ0) is 13.2. The molecule has 6 heteroatoms. The summed E-state index contributed by atoms with van der Waals surface area (Å²) in [6.45, 7) is 0.371. The van der Waals surface area contributed by atoms with E-state index < -0.39 is 10.0 Å². The Balaban J connectivity index is 2.22. The first-order chi connectivity index (χ1) is 8.50. The molecule has 0 aliphatic rings. The van der Waals surface area contributed by atoms with Gasteiger partial charge in [-0.15, -0.1) is 0 Å². The number of rotatable bonds is 4. The van der Waals surface area contributed by atoms with Crippen molar-refractivity contribution in [2.45, 2.75) is 11.4 Å². The van der Waals surface area contributed by atoms with Gasteiger partial charge in [0, 0.05) is 19.3 Å². The molecule has 2 rings (SSSR count). The molecule has 0 saturated heterocycles. The minimum atomic E-state index is -3.45. The Morgan fingerprint density at radius 3 is 2.44 bits per heavy atom. The zero-order valence-corrected chi connectivity index (χ0v) is 11.5. The maximum absolute atomic E-state index is 12.3. The Labute approximate surface area is 111 Å². The molecular weight excluding hydrogens is 268 g/mol. The second-order valence-electron chi connectivity index (χ2n) is 3.96. The second-order valence-corrected chi connectivity index (χ2v) is 6.79. The Morgan fingerprint density at radius 1 is 1.22 bits per heavy atom. The first kappa shape index (κ1) is 13.1. The quantitative estimate of drug-likeness (QED) is 0.874. The maximum atomic E-state index is 12.3. The van der Waals surface area contributed by atoms with Gasteiger partial charge in [-0.25, -0.2) is 8.42 Å². The van der Waals surface area contributed by atoms with E-state index in [1.54, 1.807) is 30.5 Å². The molecule has 0 fully saturated rings. The minimum Gasteiger partial charge on any atom is -0.399 e. The number of anilines is 1. The van der Waals surface area contributed by atoms with Crippen molar-refractivity contribution in [3.63, 3.8) is 0 Å². The highest BCUT2D eigenvalue weighted by Gasteiger charge is 2.20. The molecule has 0 spiro atoms. The molecule has 1 aromatic heterocycles. The smallest absolute Gasteiger partial charge is 0.243 e. The van der Waals surface area contributed by atoms with Crippen LogP contribution in [0.5, 0.6) is 0 Å². The van der Waals surface area contributed by atoms with Crippen molar-refractivity contribution in [2.24, 2.45) is 0 Å². The fourth-order valence-electron chi connectivity index (χ4n) is 1.54. The Bertz CT molecular complexity index is 604. The summed E-state index contributed by atoms with van der Waals surface area (Å²) in [7, 11) is -1.88. The lowest BCUT2D eigenvalue weighted by Crippen LogP contribution is -2.26. The number of nitrogens with zero attached hydrogens (tertiary/aromatic N) is 1. The van der Waals surface area contributed by atoms with Gasteiger partial charge < -0.3 is 5.73 Å². The van der Waals surface area contributed by atoms with Crippen LogP contribution in [0, 0.1) is 0 Å². The average Bonchev–Trinajstić information content (AvgIpc) is 2.82. The van der Waals surface area contributed by atoms with Crippen LogP contribution in [0.1, 0.15) is 5.56 Å². The van der Waals surface area contributed by atoms with Gasteiger partial charge >= 0.3 is 0 Å². The minimum absolute atomic E-state index is 0.259. The average molecular weight is 282 g/mol. The van der Waals surface area contributed by atoms with Crippen LogP contribution in [0.3, 0.4) is 0 Å². The summed E-state index contributed by atoms with van der Waals surface area (Å²) in [5, 5.41) is 3.87. The molecule has 2 N–H and O–H groups in total. The highest BCUT2D eigenvalue weighted by molar-refractivity contribution is 7.89. The summed E-state index contributed by atoms with van der Waals surface area (Å²) in [5.74, 6) is 0. The topological polar surface area (TPSA) is 63.4 Å². The summed E-state index contributed by atoms with van der Waals surface area (Å²) in [6.07, 6.45) is 0. The lowest BCUT2D eigenvalue weighted by molar-refractivity contribution is 0.467. The van der Waals surface area contributed by atoms with Crippen LogP contribution in [-0.2, 0) is 16.6 Å². The highest BCUT2D eigenvalue weighted by Crippen LogP contribution is 2.18. The number of nitrogen functional groups attached to an aromatic ring is 1. The van der Waals surface area contributed by atoms with Crippen molar-refractivity contribution in [2.75, 3.05) is 12.8 Å². The molecule has 0 bridgehead atoms. The Hall–Kier alpha value is -1.37. The molecule has 96 valence electrons. The summed E-state index contributed by atoms with van der Waals surface area (Å²) in [5.41, 5.74) is 7.09. The van der Waals surface area contributed by atoms with Crippen LogP contribution in [0.25, 0.3) is 0 Å². The third-order valence-corrected chi connectivity index (χ3v) is 5.12. The van der Waals surface area contributed by atoms with E-state index in [-0.39, 0.29) is 4.90 Å². The van der Waals surface area contributed by atoms with Gasteiger partial charge in [-0.1, -0.05) is 0 Å². The van der Waals surface area contributed by atoms with Gasteiger partial charge in [0.15, 0.2) is 0 Å². The normalized spacial score (nSPS) is 11.9. The van der Waals surface area contributed by atoms with E-state index in [0.717, 1.165) is 5.56 Å². The number of thiophene rings is 1. The SMILES string of the molecule is CN(Cc1ccsc1)S(=O)(=O)c1ccc(N)cc1. The predicted octanol–water partition coefficient (Wildman–Crippen LogP) is 2.15. The zero-order valence-electron chi connectivity index (χ0n) is 9.91. The molecule has 0 radical (unpaired) electrons. The van der Waals surface area contributed by atoms with Crippen LogP contribution in [-0.4, -0.2) is 19.8 Å². The number of benzene rings is 1. The van der Waals surface area contributed by atoms with E-state index in [2.05, 4.69) is 0 Å². The van der Waals surface area contributed by atoms with Gasteiger partial charge in [-0.2, -0.15) is 15.6 Å². The molecule has 0 saturated carbocycles. The molecule has 0 aliphatic carbocycles. The molecule has 0 unspecified atom stereocenters. The number of sulfonamides is 1. The summed E-state index contributed by atoms with van der Waals surface area (Å²) >= 11 is 1.55. The van der Waals surface area contributed by atoms with Gasteiger partial charge in [-0.05, 0) is 46.7 Å². The Morgan fingerprint density at radius 2 is 1.89 bits per heavy atom. The van der Waals surface area contributed by atoms with Crippen molar-refractivity contribution < 1.29 is 8.42 Å². The predicted molar refractivity (Wildman–Crippen MR) is 73.8 cm³/mol. The summed E-state index contributed by atoms with van der Waals surface area (Å²) in [6, 6.07) is 8.14. The first-order valence-electron chi connectivity index (χ1n) is 5.33. The standard InChI is InChI=1S/C12H14N2O2S2/c1-14(8-10-6-7-17-9-10)18(15,16)12-4-2-11(13)3-5-12/h2-7,9H,8,13H2,1H3.